The number of carbonyl (C=O) groups excluding carboxylic acids is 3. The second kappa shape index (κ2) is 20.0. The molecule has 0 bridgehead atoms. The smallest absolute Gasteiger partial charge is 0.308 e. The molecule has 8 rings (SSSR count). The summed E-state index contributed by atoms with van der Waals surface area (Å²) in [6.45, 7) is 0. The Morgan fingerprint density at radius 3 is 2.09 bits per heavy atom. The minimum absolute atomic E-state index is 0.00109. The van der Waals surface area contributed by atoms with Crippen LogP contribution in [-0.4, -0.2) is 142 Å². The van der Waals surface area contributed by atoms with Gasteiger partial charge in [-0.1, -0.05) is 37.1 Å². The number of aliphatic hydroxyl groups is 1. The van der Waals surface area contributed by atoms with Crippen molar-refractivity contribution in [3.05, 3.63) is 11.1 Å². The fourth-order valence-electron chi connectivity index (χ4n) is 13.0. The zero-order valence-electron chi connectivity index (χ0n) is 36.1. The molecule has 25 heteroatoms. The van der Waals surface area contributed by atoms with E-state index in [-0.39, 0.29) is 43.0 Å². The summed E-state index contributed by atoms with van der Waals surface area (Å²) in [5.41, 5.74) is 0.701. The van der Waals surface area contributed by atoms with Gasteiger partial charge in [0.2, 0.25) is 0 Å². The van der Waals surface area contributed by atoms with Crippen LogP contribution in [0.25, 0.3) is 0 Å². The third kappa shape index (κ3) is 10.3. The Balaban J connectivity index is 1.08. The largest absolute Gasteiger partial charge is 0.481 e. The number of amides is 1. The summed E-state index contributed by atoms with van der Waals surface area (Å²) in [6.07, 6.45) is 3.81. The van der Waals surface area contributed by atoms with Crippen LogP contribution in [0.2, 0.25) is 0 Å². The SMILES string of the molecule is CN1C(=O)C(C(=O)C2CCCC(S(=O)(=O)O)C2)=C2C3CCCCC3C(=O)C3C(NC4CC(NC5NC(O)NC(NC6CCCCC6C(=O)O)N5)C(S(=O)(=O)O)CC4SOOO)CCC1C23. The summed E-state index contributed by atoms with van der Waals surface area (Å²) >= 11 is 0.643. The van der Waals surface area contributed by atoms with Crippen LogP contribution in [0.5, 0.6) is 0 Å². The van der Waals surface area contributed by atoms with Crippen LogP contribution in [0.15, 0.2) is 11.1 Å². The number of nitrogens with one attached hydrogen (secondary N) is 6. The number of carbonyl (C=O) groups is 4. The van der Waals surface area contributed by atoms with E-state index >= 15 is 0 Å². The average molecular weight is 978 g/mol. The van der Waals surface area contributed by atoms with Crippen molar-refractivity contribution in [2.24, 2.45) is 35.5 Å². The van der Waals surface area contributed by atoms with E-state index in [0.29, 0.717) is 69.0 Å². The lowest BCUT2D eigenvalue weighted by molar-refractivity contribution is -0.432. The highest BCUT2D eigenvalue weighted by Crippen LogP contribution is 2.56. The first-order valence-electron chi connectivity index (χ1n) is 23.0. The summed E-state index contributed by atoms with van der Waals surface area (Å²) in [6, 6.07) is -3.05. The molecule has 65 heavy (non-hydrogen) atoms. The van der Waals surface area contributed by atoms with E-state index in [4.69, 9.17) is 4.33 Å². The van der Waals surface area contributed by atoms with Gasteiger partial charge in [0.15, 0.2) is 12.1 Å². The molecule has 1 amide bonds. The molecule has 0 spiro atoms. The fourth-order valence-corrected chi connectivity index (χ4v) is 15.8. The summed E-state index contributed by atoms with van der Waals surface area (Å²) in [5, 5.41) is 49.4. The Morgan fingerprint density at radius 1 is 0.738 bits per heavy atom. The molecule has 7 fully saturated rings. The first kappa shape index (κ1) is 49.2. The van der Waals surface area contributed by atoms with Gasteiger partial charge in [-0.2, -0.15) is 16.8 Å². The van der Waals surface area contributed by atoms with Gasteiger partial charge in [0.1, 0.15) is 23.6 Å². The van der Waals surface area contributed by atoms with Gasteiger partial charge in [-0.25, -0.2) is 5.26 Å². The monoisotopic (exact) mass is 977 g/mol. The Hall–Kier alpha value is -2.21. The van der Waals surface area contributed by atoms with Crippen LogP contribution in [-0.2, 0) is 48.8 Å². The molecule has 8 aliphatic rings. The summed E-state index contributed by atoms with van der Waals surface area (Å²) < 4.78 is 76.0. The second-order valence-electron chi connectivity index (χ2n) is 19.4. The molecule has 6 saturated carbocycles. The van der Waals surface area contributed by atoms with Crippen LogP contribution in [0.4, 0.5) is 0 Å². The maximum absolute atomic E-state index is 15.0. The summed E-state index contributed by atoms with van der Waals surface area (Å²) in [4.78, 5) is 57.7. The standard InChI is InChI=1S/C40H63N7O15S3/c1-47-27-14-13-24(31-32(27)30(20-9-2-3-10-21(20)35(31)49)33(36(47)50)34(48)18-7-6-8-19(15-18)64(55,56)57)41-25-16-26(29(65(58,59)60)17-28(25)63-62-61-54)43-39-44-38(45-40(53)46-39)42-23-12-5-4-11-22(23)37(51)52/h18-29,31-32,38-46,53-54H,2-17H2,1H3,(H,51,52)(H,55,56,57)(H,58,59,60). The number of rotatable bonds is 14. The normalized spacial score (nSPS) is 41.7. The quantitative estimate of drug-likeness (QED) is 0.0364. The van der Waals surface area contributed by atoms with E-state index in [2.05, 4.69) is 36.9 Å². The molecule has 2 aliphatic heterocycles. The topological polar surface area (TPSA) is 332 Å². The highest BCUT2D eigenvalue weighted by Gasteiger charge is 2.60. The van der Waals surface area contributed by atoms with Gasteiger partial charge >= 0.3 is 5.97 Å². The van der Waals surface area contributed by atoms with Crippen LogP contribution >= 0.6 is 12.0 Å². The number of carboxylic acids is 1. The molecule has 0 aromatic carbocycles. The van der Waals surface area contributed by atoms with Gasteiger partial charge in [0.25, 0.3) is 26.1 Å². The van der Waals surface area contributed by atoms with Crippen molar-refractivity contribution in [2.45, 2.75) is 168 Å². The van der Waals surface area contributed by atoms with E-state index in [9.17, 15) is 60.6 Å². The molecule has 6 aliphatic carbocycles. The maximum Gasteiger partial charge on any atom is 0.308 e. The van der Waals surface area contributed by atoms with Crippen molar-refractivity contribution >= 4 is 55.7 Å². The number of nitrogens with zero attached hydrogens (tertiary/aromatic N) is 1. The maximum atomic E-state index is 15.0. The Kier molecular flexibility index (Phi) is 15.2. The van der Waals surface area contributed by atoms with Crippen molar-refractivity contribution in [1.29, 1.82) is 0 Å². The third-order valence-electron chi connectivity index (χ3n) is 15.9. The molecule has 0 aromatic heterocycles. The highest BCUT2D eigenvalue weighted by molar-refractivity contribution is 7.95. The number of Topliss-reactive ketones (excluding diaryl/α,β-unsaturated/α-hetero) is 2. The van der Waals surface area contributed by atoms with E-state index in [1.807, 2.05) is 0 Å². The van der Waals surface area contributed by atoms with Gasteiger partial charge in [0.05, 0.1) is 22.0 Å². The Labute approximate surface area is 382 Å². The number of likely N-dealkylation sites (N-methyl/N-ethyl adjacent to an activating group) is 1. The predicted molar refractivity (Wildman–Crippen MR) is 230 cm³/mol. The zero-order valence-corrected chi connectivity index (χ0v) is 38.6. The highest BCUT2D eigenvalue weighted by atomic mass is 32.2. The molecular weight excluding hydrogens is 915 g/mol. The van der Waals surface area contributed by atoms with Crippen molar-refractivity contribution in [3.8, 4) is 0 Å². The lowest BCUT2D eigenvalue weighted by Gasteiger charge is -2.57. The lowest BCUT2D eigenvalue weighted by atomic mass is 9.52. The predicted octanol–water partition coefficient (Wildman–Crippen LogP) is 0.186. The Bertz CT molecular complexity index is 2080. The van der Waals surface area contributed by atoms with Crippen molar-refractivity contribution in [2.75, 3.05) is 7.05 Å². The van der Waals surface area contributed by atoms with Crippen molar-refractivity contribution in [3.63, 3.8) is 0 Å². The van der Waals surface area contributed by atoms with E-state index in [1.54, 1.807) is 11.9 Å². The molecule has 366 valence electrons. The number of hydrogen-bond acceptors (Lipinski definition) is 19. The number of hydrogen-bond donors (Lipinski definition) is 11. The molecule has 11 N–H and O–H groups in total. The zero-order chi connectivity index (χ0) is 46.5. The fraction of sp³-hybridized carbons (Fsp3) is 0.850. The van der Waals surface area contributed by atoms with Gasteiger partial charge in [-0.15, -0.1) is 4.33 Å². The van der Waals surface area contributed by atoms with Crippen LogP contribution in [0.3, 0.4) is 0 Å². The minimum Gasteiger partial charge on any atom is -0.481 e. The average Bonchev–Trinajstić information content (AvgIpc) is 3.25. The Morgan fingerprint density at radius 2 is 1.42 bits per heavy atom. The molecule has 0 aromatic rings. The number of aliphatic carboxylic acids is 1. The molecule has 22 nitrogen and oxygen atoms in total. The number of ketones is 2. The van der Waals surface area contributed by atoms with Crippen LogP contribution in [0.1, 0.15) is 103 Å². The van der Waals surface area contributed by atoms with Gasteiger partial charge in [0, 0.05) is 73.0 Å². The number of aliphatic hydroxyl groups excluding tert-OH is 1. The number of fused-ring (bicyclic) bond motifs is 2. The van der Waals surface area contributed by atoms with E-state index in [1.165, 1.54) is 0 Å². The van der Waals surface area contributed by atoms with Gasteiger partial charge in [-0.05, 0) is 82.1 Å². The molecule has 1 saturated heterocycles. The summed E-state index contributed by atoms with van der Waals surface area (Å²) in [7, 11) is -7.55. The van der Waals surface area contributed by atoms with E-state index < -0.39 is 132 Å². The molecule has 0 radical (unpaired) electrons. The minimum atomic E-state index is -4.76. The van der Waals surface area contributed by atoms with Crippen molar-refractivity contribution < 1.29 is 70.0 Å². The molecule has 17 unspecified atom stereocenters. The second-order valence-corrected chi connectivity index (χ2v) is 23.7. The van der Waals surface area contributed by atoms with Crippen LogP contribution in [0, 0.1) is 35.5 Å². The first-order chi connectivity index (χ1) is 30.8. The van der Waals surface area contributed by atoms with Gasteiger partial charge in [-0.3, -0.25) is 54.9 Å². The van der Waals surface area contributed by atoms with E-state index in [0.717, 1.165) is 25.7 Å². The molecule has 2 heterocycles. The molecule has 17 atom stereocenters. The van der Waals surface area contributed by atoms with Crippen LogP contribution < -0.4 is 31.9 Å². The van der Waals surface area contributed by atoms with Gasteiger partial charge < -0.3 is 20.4 Å². The summed E-state index contributed by atoms with van der Waals surface area (Å²) in [5.74, 6) is -5.34. The first-order valence-corrected chi connectivity index (χ1v) is 26.8. The van der Waals surface area contributed by atoms with Crippen molar-refractivity contribution in [1.82, 2.24) is 36.8 Å². The molecular formula is C40H63N7O15S3. The number of carboxylic acid groups (broad SMARTS) is 1. The third-order valence-corrected chi connectivity index (χ3v) is 19.4. The lowest BCUT2D eigenvalue weighted by Crippen LogP contribution is -2.77.